The molecule has 0 bridgehead atoms. The number of aryl methyl sites for hydroxylation is 1. The van der Waals surface area contributed by atoms with Gasteiger partial charge in [0.2, 0.25) is 0 Å². The molecule has 0 aliphatic carbocycles. The van der Waals surface area contributed by atoms with Crippen molar-refractivity contribution in [1.29, 1.82) is 0 Å². The van der Waals surface area contributed by atoms with E-state index in [1.807, 2.05) is 0 Å². The number of carbonyl (C=O) groups excluding carboxylic acids is 1. The maximum absolute atomic E-state index is 11.6. The van der Waals surface area contributed by atoms with Crippen molar-refractivity contribution in [2.75, 3.05) is 0 Å². The average Bonchev–Trinajstić information content (AvgIpc) is 2.16. The Labute approximate surface area is 88.1 Å². The fourth-order valence-electron chi connectivity index (χ4n) is 1.29. The van der Waals surface area contributed by atoms with Crippen LogP contribution in [0.1, 0.15) is 29.8 Å². The fraction of sp³-hybridized carbons (Fsp3) is 0.364. The predicted molar refractivity (Wildman–Crippen MR) is 57.0 cm³/mol. The Bertz CT molecular complexity index is 410. The first kappa shape index (κ1) is 11.4. The number of rotatable bonds is 3. The molecule has 0 aromatic heterocycles. The van der Waals surface area contributed by atoms with Crippen molar-refractivity contribution in [2.45, 2.75) is 20.8 Å². The van der Waals surface area contributed by atoms with Crippen LogP contribution in [0, 0.1) is 23.0 Å². The molecule has 0 saturated carbocycles. The molecular formula is C11H13NO3. The Morgan fingerprint density at radius 3 is 2.47 bits per heavy atom. The third-order valence-corrected chi connectivity index (χ3v) is 2.21. The quantitative estimate of drug-likeness (QED) is 0.435. The lowest BCUT2D eigenvalue weighted by Crippen LogP contribution is -2.08. The van der Waals surface area contributed by atoms with Crippen molar-refractivity contribution in [3.05, 3.63) is 39.4 Å². The molecule has 0 heterocycles. The van der Waals surface area contributed by atoms with Gasteiger partial charge in [0.05, 0.1) is 4.92 Å². The van der Waals surface area contributed by atoms with Crippen LogP contribution in [0.4, 0.5) is 5.69 Å². The molecule has 0 N–H and O–H groups in total. The van der Waals surface area contributed by atoms with Gasteiger partial charge in [-0.25, -0.2) is 0 Å². The van der Waals surface area contributed by atoms with Gasteiger partial charge in [-0.1, -0.05) is 26.0 Å². The Hall–Kier alpha value is -1.71. The summed E-state index contributed by atoms with van der Waals surface area (Å²) in [6, 6.07) is 4.58. The predicted octanol–water partition coefficient (Wildman–Crippen LogP) is 2.74. The van der Waals surface area contributed by atoms with E-state index < -0.39 is 4.92 Å². The summed E-state index contributed by atoms with van der Waals surface area (Å²) >= 11 is 0. The lowest BCUT2D eigenvalue weighted by molar-refractivity contribution is -0.385. The minimum Gasteiger partial charge on any atom is -0.294 e. The number of Topliss-reactive ketones (excluding diaryl/α,β-unsaturated/α-hetero) is 1. The molecule has 1 rings (SSSR count). The van der Waals surface area contributed by atoms with E-state index in [0.29, 0.717) is 11.1 Å². The van der Waals surface area contributed by atoms with Gasteiger partial charge in [0.15, 0.2) is 5.78 Å². The zero-order valence-electron chi connectivity index (χ0n) is 8.98. The number of benzene rings is 1. The molecule has 0 fully saturated rings. The molecule has 0 unspecified atom stereocenters. The molecule has 0 spiro atoms. The van der Waals surface area contributed by atoms with Gasteiger partial charge >= 0.3 is 0 Å². The molecule has 15 heavy (non-hydrogen) atoms. The van der Waals surface area contributed by atoms with Crippen molar-refractivity contribution in [3.8, 4) is 0 Å². The second kappa shape index (κ2) is 4.21. The second-order valence-corrected chi connectivity index (χ2v) is 3.78. The highest BCUT2D eigenvalue weighted by molar-refractivity contribution is 5.98. The smallest absolute Gasteiger partial charge is 0.273 e. The first-order valence-corrected chi connectivity index (χ1v) is 4.72. The van der Waals surface area contributed by atoms with Crippen molar-refractivity contribution >= 4 is 11.5 Å². The van der Waals surface area contributed by atoms with Crippen LogP contribution in [-0.4, -0.2) is 10.7 Å². The monoisotopic (exact) mass is 207 g/mol. The van der Waals surface area contributed by atoms with Gasteiger partial charge in [-0.05, 0) is 6.92 Å². The first-order valence-electron chi connectivity index (χ1n) is 4.72. The molecule has 0 amide bonds. The van der Waals surface area contributed by atoms with Crippen LogP contribution in [0.3, 0.4) is 0 Å². The number of nitro groups is 1. The normalized spacial score (nSPS) is 10.4. The molecule has 80 valence electrons. The van der Waals surface area contributed by atoms with Crippen LogP contribution >= 0.6 is 0 Å². The molecule has 0 aliphatic heterocycles. The molecule has 0 atom stereocenters. The molecule has 0 radical (unpaired) electrons. The highest BCUT2D eigenvalue weighted by Gasteiger charge is 2.16. The largest absolute Gasteiger partial charge is 0.294 e. The Morgan fingerprint density at radius 1 is 1.40 bits per heavy atom. The SMILES string of the molecule is Cc1ccc(C(=O)C(C)C)cc1[N+](=O)[O-]. The Morgan fingerprint density at radius 2 is 2.00 bits per heavy atom. The van der Waals surface area contributed by atoms with E-state index in [9.17, 15) is 14.9 Å². The number of hydrogen-bond acceptors (Lipinski definition) is 3. The molecule has 0 saturated heterocycles. The molecule has 4 nitrogen and oxygen atoms in total. The molecule has 4 heteroatoms. The van der Waals surface area contributed by atoms with Crippen LogP contribution in [-0.2, 0) is 0 Å². The fourth-order valence-corrected chi connectivity index (χ4v) is 1.29. The summed E-state index contributed by atoms with van der Waals surface area (Å²) < 4.78 is 0. The van der Waals surface area contributed by atoms with E-state index in [0.717, 1.165) is 0 Å². The zero-order valence-corrected chi connectivity index (χ0v) is 8.98. The van der Waals surface area contributed by atoms with Crippen LogP contribution < -0.4 is 0 Å². The van der Waals surface area contributed by atoms with Gasteiger partial charge in [0.25, 0.3) is 5.69 Å². The Kier molecular flexibility index (Phi) is 3.19. The molecule has 0 aliphatic rings. The van der Waals surface area contributed by atoms with E-state index in [1.54, 1.807) is 32.9 Å². The highest BCUT2D eigenvalue weighted by atomic mass is 16.6. The Balaban J connectivity index is 3.19. The van der Waals surface area contributed by atoms with Gasteiger partial charge in [-0.3, -0.25) is 14.9 Å². The summed E-state index contributed by atoms with van der Waals surface area (Å²) in [5.74, 6) is -0.217. The van der Waals surface area contributed by atoms with E-state index in [2.05, 4.69) is 0 Å². The summed E-state index contributed by atoms with van der Waals surface area (Å²) in [6.07, 6.45) is 0. The molecule has 1 aromatic carbocycles. The van der Waals surface area contributed by atoms with Crippen LogP contribution in [0.25, 0.3) is 0 Å². The number of ketones is 1. The third kappa shape index (κ3) is 2.40. The van der Waals surface area contributed by atoms with E-state index in [-0.39, 0.29) is 17.4 Å². The number of nitro benzene ring substituents is 1. The minimum atomic E-state index is -0.466. The molecule has 1 aromatic rings. The minimum absolute atomic E-state index is 0.00139. The topological polar surface area (TPSA) is 60.2 Å². The highest BCUT2D eigenvalue weighted by Crippen LogP contribution is 2.20. The van der Waals surface area contributed by atoms with Gasteiger partial charge in [0.1, 0.15) is 0 Å². The maximum Gasteiger partial charge on any atom is 0.273 e. The van der Waals surface area contributed by atoms with Crippen molar-refractivity contribution in [1.82, 2.24) is 0 Å². The summed E-state index contributed by atoms with van der Waals surface area (Å²) in [5, 5.41) is 10.7. The average molecular weight is 207 g/mol. The number of nitrogens with zero attached hydrogens (tertiary/aromatic N) is 1. The van der Waals surface area contributed by atoms with Gasteiger partial charge in [0, 0.05) is 23.1 Å². The number of hydrogen-bond donors (Lipinski definition) is 0. The van der Waals surface area contributed by atoms with Crippen molar-refractivity contribution in [2.24, 2.45) is 5.92 Å². The zero-order chi connectivity index (χ0) is 11.6. The third-order valence-electron chi connectivity index (χ3n) is 2.21. The van der Waals surface area contributed by atoms with Crippen molar-refractivity contribution < 1.29 is 9.72 Å². The van der Waals surface area contributed by atoms with Crippen LogP contribution in [0.15, 0.2) is 18.2 Å². The first-order chi connectivity index (χ1) is 6.93. The standard InChI is InChI=1S/C11H13NO3/c1-7(2)11(13)9-5-4-8(3)10(6-9)12(14)15/h4-7H,1-3H3. The number of carbonyl (C=O) groups is 1. The maximum atomic E-state index is 11.6. The summed E-state index contributed by atoms with van der Waals surface area (Å²) in [6.45, 7) is 5.20. The second-order valence-electron chi connectivity index (χ2n) is 3.78. The van der Waals surface area contributed by atoms with Crippen molar-refractivity contribution in [3.63, 3.8) is 0 Å². The summed E-state index contributed by atoms with van der Waals surface area (Å²) in [4.78, 5) is 21.8. The van der Waals surface area contributed by atoms with Gasteiger partial charge in [-0.2, -0.15) is 0 Å². The summed E-state index contributed by atoms with van der Waals surface area (Å²) in [5.41, 5.74) is 0.976. The van der Waals surface area contributed by atoms with E-state index in [1.165, 1.54) is 6.07 Å². The van der Waals surface area contributed by atoms with Gasteiger partial charge in [-0.15, -0.1) is 0 Å². The van der Waals surface area contributed by atoms with Gasteiger partial charge < -0.3 is 0 Å². The molecular weight excluding hydrogens is 194 g/mol. The lowest BCUT2D eigenvalue weighted by Gasteiger charge is -2.04. The van der Waals surface area contributed by atoms with Crippen LogP contribution in [0.5, 0.6) is 0 Å². The lowest BCUT2D eigenvalue weighted by atomic mass is 9.99. The van der Waals surface area contributed by atoms with Crippen LogP contribution in [0.2, 0.25) is 0 Å². The summed E-state index contributed by atoms with van der Waals surface area (Å²) in [7, 11) is 0. The van der Waals surface area contributed by atoms with E-state index in [4.69, 9.17) is 0 Å². The van der Waals surface area contributed by atoms with E-state index >= 15 is 0 Å².